The normalized spacial score (nSPS) is 16.8. The van der Waals surface area contributed by atoms with Gasteiger partial charge in [0.05, 0.1) is 5.57 Å². The molecule has 1 N–H and O–H groups in total. The lowest BCUT2D eigenvalue weighted by Crippen LogP contribution is -2.19. The van der Waals surface area contributed by atoms with Crippen molar-refractivity contribution in [3.8, 4) is 6.07 Å². The van der Waals surface area contributed by atoms with E-state index in [1.807, 2.05) is 6.92 Å². The molecule has 1 rings (SSSR count). The van der Waals surface area contributed by atoms with Crippen molar-refractivity contribution in [2.24, 2.45) is 5.92 Å². The average molecular weight is 174 g/mol. The van der Waals surface area contributed by atoms with E-state index < -0.39 is 0 Å². The van der Waals surface area contributed by atoms with Crippen LogP contribution in [0.1, 0.15) is 20.8 Å². The van der Waals surface area contributed by atoms with Gasteiger partial charge in [0.1, 0.15) is 6.07 Å². The summed E-state index contributed by atoms with van der Waals surface area (Å²) in [5.41, 5.74) is 3.71. The van der Waals surface area contributed by atoms with E-state index in [0.717, 1.165) is 16.8 Å². The third kappa shape index (κ3) is 1.65. The molecule has 1 heterocycles. The largest absolute Gasteiger partial charge is 0.363 e. The van der Waals surface area contributed by atoms with E-state index >= 15 is 0 Å². The van der Waals surface area contributed by atoms with Crippen molar-refractivity contribution in [2.45, 2.75) is 20.8 Å². The van der Waals surface area contributed by atoms with Crippen molar-refractivity contribution in [1.82, 2.24) is 5.32 Å². The molecule has 0 aromatic carbocycles. The van der Waals surface area contributed by atoms with Crippen LogP contribution in [0.2, 0.25) is 0 Å². The lowest BCUT2D eigenvalue weighted by Gasteiger charge is -2.21. The molecule has 13 heavy (non-hydrogen) atoms. The maximum Gasteiger partial charge on any atom is 0.101 e. The minimum Gasteiger partial charge on any atom is -0.363 e. The molecule has 68 valence electrons. The van der Waals surface area contributed by atoms with Crippen molar-refractivity contribution >= 4 is 0 Å². The second-order valence-corrected chi connectivity index (χ2v) is 3.49. The Morgan fingerprint density at radius 2 is 2.15 bits per heavy atom. The maximum absolute atomic E-state index is 8.76. The van der Waals surface area contributed by atoms with Gasteiger partial charge in [-0.1, -0.05) is 20.4 Å². The van der Waals surface area contributed by atoms with Gasteiger partial charge in [-0.05, 0) is 24.0 Å². The summed E-state index contributed by atoms with van der Waals surface area (Å²) in [5.74, 6) is 0.438. The third-order valence-electron chi connectivity index (χ3n) is 2.25. The molecule has 0 bridgehead atoms. The summed E-state index contributed by atoms with van der Waals surface area (Å²) in [5, 5.41) is 11.9. The lowest BCUT2D eigenvalue weighted by atomic mass is 9.93. The average Bonchev–Trinajstić information content (AvgIpc) is 2.09. The Labute approximate surface area is 79.3 Å². The number of rotatable bonds is 1. The molecule has 0 aliphatic carbocycles. The highest BCUT2D eigenvalue weighted by Crippen LogP contribution is 2.26. The Morgan fingerprint density at radius 3 is 2.62 bits per heavy atom. The van der Waals surface area contributed by atoms with E-state index in [2.05, 4.69) is 31.8 Å². The van der Waals surface area contributed by atoms with Crippen LogP contribution in [0.25, 0.3) is 0 Å². The topological polar surface area (TPSA) is 35.8 Å². The molecule has 0 spiro atoms. The Kier molecular flexibility index (Phi) is 2.57. The summed E-state index contributed by atoms with van der Waals surface area (Å²) >= 11 is 0. The lowest BCUT2D eigenvalue weighted by molar-refractivity contribution is 0.697. The highest BCUT2D eigenvalue weighted by molar-refractivity contribution is 5.55. The Balaban J connectivity index is 3.04. The highest BCUT2D eigenvalue weighted by Gasteiger charge is 2.16. The van der Waals surface area contributed by atoms with Crippen LogP contribution in [0.4, 0.5) is 0 Å². The molecule has 0 fully saturated rings. The first-order valence-corrected chi connectivity index (χ1v) is 4.35. The van der Waals surface area contributed by atoms with E-state index in [1.165, 1.54) is 0 Å². The fourth-order valence-electron chi connectivity index (χ4n) is 1.41. The predicted octanol–water partition coefficient (Wildman–Crippen LogP) is 2.48. The van der Waals surface area contributed by atoms with E-state index in [9.17, 15) is 0 Å². The van der Waals surface area contributed by atoms with Gasteiger partial charge in [0.25, 0.3) is 0 Å². The summed E-state index contributed by atoms with van der Waals surface area (Å²) in [4.78, 5) is 0. The van der Waals surface area contributed by atoms with Crippen LogP contribution in [-0.2, 0) is 0 Å². The molecule has 2 heteroatoms. The SMILES string of the molecule is C=C1C(C#N)=CNC(C(C)C)=C1C. The van der Waals surface area contributed by atoms with E-state index in [1.54, 1.807) is 6.20 Å². The predicted molar refractivity (Wildman–Crippen MR) is 53.5 cm³/mol. The van der Waals surface area contributed by atoms with Gasteiger partial charge in [-0.2, -0.15) is 5.26 Å². The van der Waals surface area contributed by atoms with Crippen molar-refractivity contribution in [2.75, 3.05) is 0 Å². The van der Waals surface area contributed by atoms with Crippen molar-refractivity contribution in [1.29, 1.82) is 5.26 Å². The van der Waals surface area contributed by atoms with Crippen LogP contribution in [0, 0.1) is 17.2 Å². The van der Waals surface area contributed by atoms with Crippen molar-refractivity contribution in [3.05, 3.63) is 35.2 Å². The maximum atomic E-state index is 8.76. The minimum absolute atomic E-state index is 0.438. The first kappa shape index (κ1) is 9.60. The number of hydrogen-bond acceptors (Lipinski definition) is 2. The van der Waals surface area contributed by atoms with Crippen LogP contribution < -0.4 is 5.32 Å². The standard InChI is InChI=1S/C11H14N2/c1-7(2)11-9(4)8(3)10(5-12)6-13-11/h6-7,13H,3H2,1-2,4H3. The summed E-state index contributed by atoms with van der Waals surface area (Å²) in [6.45, 7) is 10.1. The fourth-order valence-corrected chi connectivity index (χ4v) is 1.41. The molecule has 0 amide bonds. The van der Waals surface area contributed by atoms with Gasteiger partial charge < -0.3 is 5.32 Å². The van der Waals surface area contributed by atoms with Gasteiger partial charge in [-0.15, -0.1) is 0 Å². The van der Waals surface area contributed by atoms with Gasteiger partial charge in [0.15, 0.2) is 0 Å². The zero-order valence-corrected chi connectivity index (χ0v) is 8.31. The summed E-state index contributed by atoms with van der Waals surface area (Å²) in [6.07, 6.45) is 1.73. The number of allylic oxidation sites excluding steroid dienone is 4. The molecule has 0 unspecified atom stereocenters. The Hall–Kier alpha value is -1.49. The van der Waals surface area contributed by atoms with Gasteiger partial charge in [-0.3, -0.25) is 0 Å². The van der Waals surface area contributed by atoms with E-state index in [0.29, 0.717) is 11.5 Å². The van der Waals surface area contributed by atoms with Gasteiger partial charge in [0, 0.05) is 11.9 Å². The quantitative estimate of drug-likeness (QED) is 0.663. The number of nitrogens with zero attached hydrogens (tertiary/aromatic N) is 1. The molecule has 0 aromatic heterocycles. The summed E-state index contributed by atoms with van der Waals surface area (Å²) in [7, 11) is 0. The molecule has 0 aromatic rings. The number of dihydropyridines is 1. The molecule has 0 saturated carbocycles. The fraction of sp³-hybridized carbons (Fsp3) is 0.364. The molecular weight excluding hydrogens is 160 g/mol. The number of hydrogen-bond donors (Lipinski definition) is 1. The molecule has 0 saturated heterocycles. The van der Waals surface area contributed by atoms with Crippen LogP contribution in [-0.4, -0.2) is 0 Å². The number of nitrogens with one attached hydrogen (secondary N) is 1. The van der Waals surface area contributed by atoms with Crippen molar-refractivity contribution in [3.63, 3.8) is 0 Å². The minimum atomic E-state index is 0.438. The van der Waals surface area contributed by atoms with Crippen molar-refractivity contribution < 1.29 is 0 Å². The van der Waals surface area contributed by atoms with Gasteiger partial charge in [0.2, 0.25) is 0 Å². The molecule has 0 atom stereocenters. The second kappa shape index (κ2) is 3.49. The molecular formula is C11H14N2. The zero-order valence-electron chi connectivity index (χ0n) is 8.31. The zero-order chi connectivity index (χ0) is 10.0. The second-order valence-electron chi connectivity index (χ2n) is 3.49. The Bertz CT molecular complexity index is 338. The molecule has 0 radical (unpaired) electrons. The van der Waals surface area contributed by atoms with Crippen LogP contribution in [0.3, 0.4) is 0 Å². The summed E-state index contributed by atoms with van der Waals surface area (Å²) < 4.78 is 0. The van der Waals surface area contributed by atoms with E-state index in [-0.39, 0.29) is 0 Å². The smallest absolute Gasteiger partial charge is 0.101 e. The van der Waals surface area contributed by atoms with E-state index in [4.69, 9.17) is 5.26 Å². The first-order chi connectivity index (χ1) is 6.07. The van der Waals surface area contributed by atoms with Crippen LogP contribution in [0.15, 0.2) is 35.2 Å². The molecule has 1 aliphatic rings. The first-order valence-electron chi connectivity index (χ1n) is 4.35. The van der Waals surface area contributed by atoms with Crippen LogP contribution >= 0.6 is 0 Å². The monoisotopic (exact) mass is 174 g/mol. The third-order valence-corrected chi connectivity index (χ3v) is 2.25. The summed E-state index contributed by atoms with van der Waals surface area (Å²) in [6, 6.07) is 2.11. The highest BCUT2D eigenvalue weighted by atomic mass is 14.9. The van der Waals surface area contributed by atoms with Gasteiger partial charge in [-0.25, -0.2) is 0 Å². The van der Waals surface area contributed by atoms with Gasteiger partial charge >= 0.3 is 0 Å². The Morgan fingerprint density at radius 1 is 1.54 bits per heavy atom. The number of nitriles is 1. The molecule has 2 nitrogen and oxygen atoms in total. The molecule has 1 aliphatic heterocycles. The van der Waals surface area contributed by atoms with Crippen LogP contribution in [0.5, 0.6) is 0 Å².